The Morgan fingerprint density at radius 2 is 1.77 bits per heavy atom. The molecule has 1 saturated heterocycles. The first-order valence-electron chi connectivity index (χ1n) is 7.15. The van der Waals surface area contributed by atoms with Crippen LogP contribution in [-0.2, 0) is 10.0 Å². The standard InChI is InChI=1S/C14H21N3O4S/c1-10-8-12(17(18)19)13(9-11(10)2)22(20,21)16-14(3)4-6-15-7-5-14/h8-9,15-16H,4-7H2,1-3H3. The van der Waals surface area contributed by atoms with Crippen LogP contribution in [0.25, 0.3) is 0 Å². The zero-order chi connectivity index (χ0) is 16.5. The van der Waals surface area contributed by atoms with Crippen LogP contribution in [0.2, 0.25) is 0 Å². The van der Waals surface area contributed by atoms with Gasteiger partial charge in [0.1, 0.15) is 0 Å². The second-order valence-corrected chi connectivity index (χ2v) is 7.73. The van der Waals surface area contributed by atoms with Gasteiger partial charge in [0.25, 0.3) is 5.69 Å². The summed E-state index contributed by atoms with van der Waals surface area (Å²) < 4.78 is 28.0. The van der Waals surface area contributed by atoms with Gasteiger partial charge in [-0.1, -0.05) is 0 Å². The first-order valence-corrected chi connectivity index (χ1v) is 8.63. The first-order chi connectivity index (χ1) is 10.1. The van der Waals surface area contributed by atoms with Gasteiger partial charge in [0.05, 0.1) is 4.92 Å². The number of rotatable bonds is 4. The fraction of sp³-hybridized carbons (Fsp3) is 0.571. The number of benzene rings is 1. The maximum atomic E-state index is 12.7. The molecule has 1 aliphatic rings. The first kappa shape index (κ1) is 16.9. The minimum Gasteiger partial charge on any atom is -0.317 e. The van der Waals surface area contributed by atoms with Crippen LogP contribution in [0.15, 0.2) is 17.0 Å². The van der Waals surface area contributed by atoms with Gasteiger partial charge in [-0.15, -0.1) is 0 Å². The molecule has 0 spiro atoms. The van der Waals surface area contributed by atoms with Crippen LogP contribution >= 0.6 is 0 Å². The van der Waals surface area contributed by atoms with E-state index >= 15 is 0 Å². The molecule has 0 aliphatic carbocycles. The molecule has 1 heterocycles. The highest BCUT2D eigenvalue weighted by Gasteiger charge is 2.35. The summed E-state index contributed by atoms with van der Waals surface area (Å²) in [6.45, 7) is 6.73. The zero-order valence-corrected chi connectivity index (χ0v) is 13.8. The van der Waals surface area contributed by atoms with Gasteiger partial charge >= 0.3 is 0 Å². The second-order valence-electron chi connectivity index (χ2n) is 6.08. The molecule has 0 amide bonds. The van der Waals surface area contributed by atoms with Crippen molar-refractivity contribution < 1.29 is 13.3 Å². The topological polar surface area (TPSA) is 101 Å². The Hall–Kier alpha value is -1.51. The summed E-state index contributed by atoms with van der Waals surface area (Å²) in [5.74, 6) is 0. The Labute approximate surface area is 130 Å². The summed E-state index contributed by atoms with van der Waals surface area (Å²) in [6.07, 6.45) is 1.29. The Balaban J connectivity index is 2.45. The van der Waals surface area contributed by atoms with Gasteiger partial charge < -0.3 is 5.32 Å². The third-order valence-corrected chi connectivity index (χ3v) is 5.82. The van der Waals surface area contributed by atoms with E-state index in [1.165, 1.54) is 12.1 Å². The number of nitro benzene ring substituents is 1. The Kier molecular flexibility index (Phi) is 4.55. The minimum atomic E-state index is -3.95. The van der Waals surface area contributed by atoms with Crippen LogP contribution in [0.3, 0.4) is 0 Å². The number of hydrogen-bond donors (Lipinski definition) is 2. The van der Waals surface area contributed by atoms with Gasteiger partial charge in [-0.05, 0) is 63.9 Å². The Bertz CT molecular complexity index is 694. The molecule has 2 rings (SSSR count). The Morgan fingerprint density at radius 1 is 1.23 bits per heavy atom. The lowest BCUT2D eigenvalue weighted by Gasteiger charge is -2.34. The van der Waals surface area contributed by atoms with E-state index in [2.05, 4.69) is 10.0 Å². The fourth-order valence-electron chi connectivity index (χ4n) is 2.59. The molecule has 7 nitrogen and oxygen atoms in total. The normalized spacial score (nSPS) is 18.1. The third kappa shape index (κ3) is 3.45. The van der Waals surface area contributed by atoms with Crippen molar-refractivity contribution in [2.24, 2.45) is 0 Å². The predicted molar refractivity (Wildman–Crippen MR) is 83.4 cm³/mol. The molecule has 122 valence electrons. The molecule has 2 N–H and O–H groups in total. The quantitative estimate of drug-likeness (QED) is 0.646. The predicted octanol–water partition coefficient (Wildman–Crippen LogP) is 1.63. The van der Waals surface area contributed by atoms with Gasteiger partial charge in [-0.25, -0.2) is 13.1 Å². The average molecular weight is 327 g/mol. The zero-order valence-electron chi connectivity index (χ0n) is 13.0. The van der Waals surface area contributed by atoms with E-state index in [1.807, 2.05) is 6.92 Å². The minimum absolute atomic E-state index is 0.264. The van der Waals surface area contributed by atoms with Crippen LogP contribution in [0.4, 0.5) is 5.69 Å². The van der Waals surface area contributed by atoms with Gasteiger partial charge in [-0.2, -0.15) is 0 Å². The lowest BCUT2D eigenvalue weighted by Crippen LogP contribution is -2.52. The monoisotopic (exact) mass is 327 g/mol. The Morgan fingerprint density at radius 3 is 2.32 bits per heavy atom. The van der Waals surface area contributed by atoms with E-state index < -0.39 is 20.5 Å². The van der Waals surface area contributed by atoms with Crippen molar-refractivity contribution in [1.82, 2.24) is 10.0 Å². The van der Waals surface area contributed by atoms with E-state index in [9.17, 15) is 18.5 Å². The summed E-state index contributed by atoms with van der Waals surface area (Å²) in [6, 6.07) is 2.69. The molecule has 0 bridgehead atoms. The maximum Gasteiger partial charge on any atom is 0.289 e. The second kappa shape index (κ2) is 5.94. The number of nitrogens with zero attached hydrogens (tertiary/aromatic N) is 1. The molecule has 0 saturated carbocycles. The lowest BCUT2D eigenvalue weighted by atomic mass is 9.92. The van der Waals surface area contributed by atoms with Crippen molar-refractivity contribution in [2.45, 2.75) is 44.0 Å². The molecule has 1 fully saturated rings. The number of sulfonamides is 1. The molecule has 8 heteroatoms. The summed E-state index contributed by atoms with van der Waals surface area (Å²) in [7, 11) is -3.95. The van der Waals surface area contributed by atoms with E-state index in [0.717, 1.165) is 0 Å². The van der Waals surface area contributed by atoms with Crippen LogP contribution in [0.1, 0.15) is 30.9 Å². The van der Waals surface area contributed by atoms with Crippen molar-refractivity contribution in [2.75, 3.05) is 13.1 Å². The number of piperidine rings is 1. The molecule has 1 aliphatic heterocycles. The van der Waals surface area contributed by atoms with Gasteiger partial charge in [0.15, 0.2) is 4.90 Å². The van der Waals surface area contributed by atoms with Crippen molar-refractivity contribution in [3.05, 3.63) is 33.4 Å². The van der Waals surface area contributed by atoms with Crippen LogP contribution in [-0.4, -0.2) is 32.0 Å². The summed E-state index contributed by atoms with van der Waals surface area (Å²) in [5.41, 5.74) is 0.435. The van der Waals surface area contributed by atoms with Crippen molar-refractivity contribution >= 4 is 15.7 Å². The molecule has 22 heavy (non-hydrogen) atoms. The third-order valence-electron chi connectivity index (χ3n) is 4.15. The van der Waals surface area contributed by atoms with Crippen molar-refractivity contribution in [3.8, 4) is 0 Å². The van der Waals surface area contributed by atoms with Crippen LogP contribution in [0.5, 0.6) is 0 Å². The van der Waals surface area contributed by atoms with Crippen molar-refractivity contribution in [3.63, 3.8) is 0 Å². The van der Waals surface area contributed by atoms with Crippen LogP contribution < -0.4 is 10.0 Å². The molecule has 0 aromatic heterocycles. The number of nitro groups is 1. The molecule has 0 unspecified atom stereocenters. The highest BCUT2D eigenvalue weighted by atomic mass is 32.2. The number of aryl methyl sites for hydroxylation is 2. The molecule has 0 atom stereocenters. The number of hydrogen-bond acceptors (Lipinski definition) is 5. The van der Waals surface area contributed by atoms with Gasteiger partial charge in [-0.3, -0.25) is 10.1 Å². The van der Waals surface area contributed by atoms with Gasteiger partial charge in [0, 0.05) is 11.6 Å². The maximum absolute atomic E-state index is 12.7. The molecular formula is C14H21N3O4S. The van der Waals surface area contributed by atoms with E-state index in [0.29, 0.717) is 37.1 Å². The summed E-state index contributed by atoms with van der Waals surface area (Å²) in [4.78, 5) is 10.3. The summed E-state index contributed by atoms with van der Waals surface area (Å²) in [5, 5.41) is 14.4. The summed E-state index contributed by atoms with van der Waals surface area (Å²) >= 11 is 0. The average Bonchev–Trinajstić information content (AvgIpc) is 2.40. The smallest absolute Gasteiger partial charge is 0.289 e. The molecule has 1 aromatic carbocycles. The molecule has 0 radical (unpaired) electrons. The van der Waals surface area contributed by atoms with Gasteiger partial charge in [0.2, 0.25) is 10.0 Å². The number of nitrogens with one attached hydrogen (secondary N) is 2. The van der Waals surface area contributed by atoms with E-state index in [-0.39, 0.29) is 10.6 Å². The highest BCUT2D eigenvalue weighted by Crippen LogP contribution is 2.29. The van der Waals surface area contributed by atoms with E-state index in [1.54, 1.807) is 13.8 Å². The van der Waals surface area contributed by atoms with Crippen molar-refractivity contribution in [1.29, 1.82) is 0 Å². The molecular weight excluding hydrogens is 306 g/mol. The lowest BCUT2D eigenvalue weighted by molar-refractivity contribution is -0.387. The fourth-order valence-corrected chi connectivity index (χ4v) is 4.30. The SMILES string of the molecule is Cc1cc([N+](=O)[O-])c(S(=O)(=O)NC2(C)CCNCC2)cc1C. The van der Waals surface area contributed by atoms with E-state index in [4.69, 9.17) is 0 Å². The molecule has 1 aromatic rings. The van der Waals surface area contributed by atoms with Crippen LogP contribution in [0, 0.1) is 24.0 Å². The largest absolute Gasteiger partial charge is 0.317 e. The highest BCUT2D eigenvalue weighted by molar-refractivity contribution is 7.89.